The molecule has 0 aromatic heterocycles. The SMILES string of the molecule is O=C(CCCOCc1ccccc1Cl)c1ccc(Br)cc1. The average Bonchev–Trinajstić information content (AvgIpc) is 2.49. The van der Waals surface area contributed by atoms with Crippen molar-refractivity contribution in [3.05, 3.63) is 69.2 Å². The van der Waals surface area contributed by atoms with Gasteiger partial charge in [-0.25, -0.2) is 0 Å². The summed E-state index contributed by atoms with van der Waals surface area (Å²) in [6.45, 7) is 1.03. The van der Waals surface area contributed by atoms with Crippen LogP contribution in [0.15, 0.2) is 53.0 Å². The predicted molar refractivity (Wildman–Crippen MR) is 88.8 cm³/mol. The maximum absolute atomic E-state index is 12.0. The lowest BCUT2D eigenvalue weighted by Crippen LogP contribution is -2.02. The number of carbonyl (C=O) groups excluding carboxylic acids is 1. The van der Waals surface area contributed by atoms with Crippen LogP contribution in [0.1, 0.15) is 28.8 Å². The van der Waals surface area contributed by atoms with Crippen LogP contribution in [0.25, 0.3) is 0 Å². The maximum atomic E-state index is 12.0. The summed E-state index contributed by atoms with van der Waals surface area (Å²) in [6.07, 6.45) is 1.20. The van der Waals surface area contributed by atoms with Crippen molar-refractivity contribution in [1.82, 2.24) is 0 Å². The Bertz CT molecular complexity index is 596. The monoisotopic (exact) mass is 366 g/mol. The van der Waals surface area contributed by atoms with Gasteiger partial charge in [-0.3, -0.25) is 4.79 Å². The number of ketones is 1. The van der Waals surface area contributed by atoms with Crippen molar-refractivity contribution in [1.29, 1.82) is 0 Å². The highest BCUT2D eigenvalue weighted by atomic mass is 79.9. The lowest BCUT2D eigenvalue weighted by molar-refractivity contribution is 0.0919. The molecule has 0 amide bonds. The number of hydrogen-bond donors (Lipinski definition) is 0. The van der Waals surface area contributed by atoms with Crippen LogP contribution in [0.3, 0.4) is 0 Å². The molecule has 0 heterocycles. The van der Waals surface area contributed by atoms with Gasteiger partial charge in [-0.2, -0.15) is 0 Å². The molecule has 2 aromatic carbocycles. The van der Waals surface area contributed by atoms with Crippen LogP contribution in [0, 0.1) is 0 Å². The molecule has 110 valence electrons. The van der Waals surface area contributed by atoms with Crippen LogP contribution in [-0.4, -0.2) is 12.4 Å². The number of carbonyl (C=O) groups is 1. The first-order valence-corrected chi connectivity index (χ1v) is 7.94. The van der Waals surface area contributed by atoms with Gasteiger partial charge in [0.1, 0.15) is 0 Å². The summed E-state index contributed by atoms with van der Waals surface area (Å²) in [5, 5.41) is 0.712. The number of hydrogen-bond acceptors (Lipinski definition) is 2. The number of rotatable bonds is 7. The van der Waals surface area contributed by atoms with Crippen LogP contribution >= 0.6 is 27.5 Å². The van der Waals surface area contributed by atoms with E-state index in [9.17, 15) is 4.79 Å². The summed E-state index contributed by atoms with van der Waals surface area (Å²) in [5.74, 6) is 0.142. The van der Waals surface area contributed by atoms with Gasteiger partial charge in [0.15, 0.2) is 5.78 Å². The number of ether oxygens (including phenoxy) is 1. The fraction of sp³-hybridized carbons (Fsp3) is 0.235. The minimum Gasteiger partial charge on any atom is -0.377 e. The van der Waals surface area contributed by atoms with Gasteiger partial charge in [-0.05, 0) is 30.2 Å². The van der Waals surface area contributed by atoms with E-state index in [2.05, 4.69) is 15.9 Å². The summed E-state index contributed by atoms with van der Waals surface area (Å²) in [7, 11) is 0. The molecule has 0 fully saturated rings. The van der Waals surface area contributed by atoms with Gasteiger partial charge in [0.25, 0.3) is 0 Å². The fourth-order valence-electron chi connectivity index (χ4n) is 1.91. The van der Waals surface area contributed by atoms with Gasteiger partial charge in [-0.1, -0.05) is 57.9 Å². The summed E-state index contributed by atoms with van der Waals surface area (Å²) in [5.41, 5.74) is 1.71. The Morgan fingerprint density at radius 1 is 1.10 bits per heavy atom. The highest BCUT2D eigenvalue weighted by Crippen LogP contribution is 2.16. The van der Waals surface area contributed by atoms with E-state index in [1.807, 2.05) is 48.5 Å². The van der Waals surface area contributed by atoms with Gasteiger partial charge in [0.2, 0.25) is 0 Å². The molecule has 4 heteroatoms. The van der Waals surface area contributed by atoms with Crippen LogP contribution in [-0.2, 0) is 11.3 Å². The second kappa shape index (κ2) is 8.32. The molecule has 0 saturated heterocycles. The van der Waals surface area contributed by atoms with Crippen LogP contribution in [0.2, 0.25) is 5.02 Å². The Morgan fingerprint density at radius 2 is 1.81 bits per heavy atom. The van der Waals surface area contributed by atoms with Crippen LogP contribution < -0.4 is 0 Å². The molecule has 0 aliphatic rings. The lowest BCUT2D eigenvalue weighted by Gasteiger charge is -2.06. The van der Waals surface area contributed by atoms with E-state index in [-0.39, 0.29) is 5.78 Å². The fourth-order valence-corrected chi connectivity index (χ4v) is 2.37. The summed E-state index contributed by atoms with van der Waals surface area (Å²) in [4.78, 5) is 12.0. The third-order valence-electron chi connectivity index (χ3n) is 3.07. The zero-order valence-corrected chi connectivity index (χ0v) is 13.9. The Hall–Kier alpha value is -1.16. The molecule has 21 heavy (non-hydrogen) atoms. The van der Waals surface area contributed by atoms with Crippen LogP contribution in [0.4, 0.5) is 0 Å². The van der Waals surface area contributed by atoms with Crippen molar-refractivity contribution < 1.29 is 9.53 Å². The first-order chi connectivity index (χ1) is 10.2. The molecule has 2 aromatic rings. The molecule has 0 radical (unpaired) electrons. The molecule has 0 aliphatic heterocycles. The molecule has 0 saturated carbocycles. The molecular weight excluding hydrogens is 352 g/mol. The summed E-state index contributed by atoms with van der Waals surface area (Å²) >= 11 is 9.40. The van der Waals surface area contributed by atoms with E-state index < -0.39 is 0 Å². The molecule has 0 aliphatic carbocycles. The van der Waals surface area contributed by atoms with Crippen molar-refractivity contribution in [3.63, 3.8) is 0 Å². The maximum Gasteiger partial charge on any atom is 0.162 e. The van der Waals surface area contributed by atoms with Gasteiger partial charge >= 0.3 is 0 Å². The van der Waals surface area contributed by atoms with E-state index in [1.54, 1.807) is 0 Å². The van der Waals surface area contributed by atoms with Crippen molar-refractivity contribution >= 4 is 33.3 Å². The number of Topliss-reactive ketones (excluding diaryl/α,β-unsaturated/α-hetero) is 1. The zero-order chi connectivity index (χ0) is 15.1. The second-order valence-corrected chi connectivity index (χ2v) is 6.00. The molecule has 0 unspecified atom stereocenters. The molecule has 2 rings (SSSR count). The largest absolute Gasteiger partial charge is 0.377 e. The normalized spacial score (nSPS) is 10.6. The van der Waals surface area contributed by atoms with Gasteiger partial charge in [0, 0.05) is 28.1 Å². The molecule has 0 N–H and O–H groups in total. The molecule has 0 atom stereocenters. The average molecular weight is 368 g/mol. The molecule has 0 spiro atoms. The Kier molecular flexibility index (Phi) is 6.43. The van der Waals surface area contributed by atoms with Crippen molar-refractivity contribution in [3.8, 4) is 0 Å². The predicted octanol–water partition coefficient (Wildman–Crippen LogP) is 5.28. The number of benzene rings is 2. The van der Waals surface area contributed by atoms with Crippen molar-refractivity contribution in [2.24, 2.45) is 0 Å². The Labute approximate surface area is 138 Å². The quantitative estimate of drug-likeness (QED) is 0.491. The Morgan fingerprint density at radius 3 is 2.52 bits per heavy atom. The third-order valence-corrected chi connectivity index (χ3v) is 3.97. The highest BCUT2D eigenvalue weighted by molar-refractivity contribution is 9.10. The van der Waals surface area contributed by atoms with E-state index in [0.29, 0.717) is 31.1 Å². The summed E-state index contributed by atoms with van der Waals surface area (Å²) in [6, 6.07) is 15.0. The first kappa shape index (κ1) is 16.2. The molecular formula is C17H16BrClO2. The second-order valence-electron chi connectivity index (χ2n) is 4.68. The van der Waals surface area contributed by atoms with Gasteiger partial charge in [0.05, 0.1) is 6.61 Å². The Balaban J connectivity index is 1.69. The minimum absolute atomic E-state index is 0.142. The van der Waals surface area contributed by atoms with E-state index in [0.717, 1.165) is 15.6 Å². The third kappa shape index (κ3) is 5.27. The zero-order valence-electron chi connectivity index (χ0n) is 11.5. The lowest BCUT2D eigenvalue weighted by atomic mass is 10.1. The summed E-state index contributed by atoms with van der Waals surface area (Å²) < 4.78 is 6.54. The van der Waals surface area contributed by atoms with Gasteiger partial charge < -0.3 is 4.74 Å². The van der Waals surface area contributed by atoms with E-state index in [4.69, 9.17) is 16.3 Å². The van der Waals surface area contributed by atoms with Crippen LogP contribution in [0.5, 0.6) is 0 Å². The first-order valence-electron chi connectivity index (χ1n) is 6.77. The van der Waals surface area contributed by atoms with Gasteiger partial charge in [-0.15, -0.1) is 0 Å². The van der Waals surface area contributed by atoms with E-state index >= 15 is 0 Å². The smallest absolute Gasteiger partial charge is 0.162 e. The number of halogens is 2. The van der Waals surface area contributed by atoms with Crippen molar-refractivity contribution in [2.75, 3.05) is 6.61 Å². The van der Waals surface area contributed by atoms with Crippen molar-refractivity contribution in [2.45, 2.75) is 19.4 Å². The topological polar surface area (TPSA) is 26.3 Å². The van der Waals surface area contributed by atoms with E-state index in [1.165, 1.54) is 0 Å². The highest BCUT2D eigenvalue weighted by Gasteiger charge is 2.05. The molecule has 0 bridgehead atoms. The standard InChI is InChI=1S/C17H16BrClO2/c18-15-9-7-13(8-10-15)17(20)6-3-11-21-12-14-4-1-2-5-16(14)19/h1-2,4-5,7-10H,3,6,11-12H2. The molecule has 2 nitrogen and oxygen atoms in total. The minimum atomic E-state index is 0.142.